The lowest BCUT2D eigenvalue weighted by atomic mass is 10.1. The molecule has 5 heteroatoms. The molecule has 0 spiro atoms. The monoisotopic (exact) mass is 365 g/mol. The molecule has 1 fully saturated rings. The normalized spacial score (nSPS) is 17.2. The van der Waals surface area contributed by atoms with Crippen LogP contribution >= 0.6 is 34.2 Å². The number of carbonyl (C=O) groups is 1. The van der Waals surface area contributed by atoms with Crippen molar-refractivity contribution in [3.05, 3.63) is 32.4 Å². The van der Waals surface area contributed by atoms with E-state index in [4.69, 9.17) is 11.6 Å². The van der Waals surface area contributed by atoms with Gasteiger partial charge in [-0.15, -0.1) is 0 Å². The molecule has 0 radical (unpaired) electrons. The van der Waals surface area contributed by atoms with Gasteiger partial charge in [-0.3, -0.25) is 4.79 Å². The van der Waals surface area contributed by atoms with E-state index in [1.165, 1.54) is 0 Å². The molecule has 1 saturated heterocycles. The Balaban J connectivity index is 2.11. The summed E-state index contributed by atoms with van der Waals surface area (Å²) in [4.78, 5) is 13.9. The van der Waals surface area contributed by atoms with Crippen LogP contribution < -0.4 is 0 Å². The summed E-state index contributed by atoms with van der Waals surface area (Å²) < 4.78 is 0.940. The van der Waals surface area contributed by atoms with E-state index in [1.54, 1.807) is 17.0 Å². The fourth-order valence-electron chi connectivity index (χ4n) is 1.88. The van der Waals surface area contributed by atoms with Gasteiger partial charge in [0.2, 0.25) is 0 Å². The Bertz CT molecular complexity index is 431. The van der Waals surface area contributed by atoms with Gasteiger partial charge in [0.05, 0.1) is 11.1 Å². The van der Waals surface area contributed by atoms with Gasteiger partial charge < -0.3 is 10.0 Å². The van der Waals surface area contributed by atoms with Crippen LogP contribution in [0.5, 0.6) is 0 Å². The molecule has 17 heavy (non-hydrogen) atoms. The second-order valence-electron chi connectivity index (χ2n) is 4.15. The molecular weight excluding hydrogens is 352 g/mol. The van der Waals surface area contributed by atoms with Crippen molar-refractivity contribution in [1.29, 1.82) is 0 Å². The maximum Gasteiger partial charge on any atom is 0.253 e. The number of piperidine rings is 1. The van der Waals surface area contributed by atoms with Gasteiger partial charge in [0.1, 0.15) is 0 Å². The predicted octanol–water partition coefficient (Wildman–Crippen LogP) is 2.54. The summed E-state index contributed by atoms with van der Waals surface area (Å²) in [7, 11) is 0. The van der Waals surface area contributed by atoms with E-state index in [1.807, 2.05) is 6.07 Å². The molecule has 0 saturated carbocycles. The van der Waals surface area contributed by atoms with E-state index in [0.29, 0.717) is 36.5 Å². The van der Waals surface area contributed by atoms with E-state index in [-0.39, 0.29) is 12.0 Å². The molecule has 1 aromatic rings. The average molecular weight is 366 g/mol. The average Bonchev–Trinajstić information content (AvgIpc) is 2.33. The molecule has 1 amide bonds. The van der Waals surface area contributed by atoms with Crippen molar-refractivity contribution in [2.24, 2.45) is 0 Å². The van der Waals surface area contributed by atoms with Crippen molar-refractivity contribution in [2.75, 3.05) is 13.1 Å². The van der Waals surface area contributed by atoms with Gasteiger partial charge in [0, 0.05) is 22.2 Å². The molecule has 1 aromatic carbocycles. The topological polar surface area (TPSA) is 40.5 Å². The molecule has 1 N–H and O–H groups in total. The zero-order valence-corrected chi connectivity index (χ0v) is 12.1. The molecular formula is C12H13ClINO2. The highest BCUT2D eigenvalue weighted by atomic mass is 127. The van der Waals surface area contributed by atoms with Crippen LogP contribution in [0.3, 0.4) is 0 Å². The first-order chi connectivity index (χ1) is 8.08. The van der Waals surface area contributed by atoms with Crippen molar-refractivity contribution in [1.82, 2.24) is 4.90 Å². The molecule has 1 aliphatic heterocycles. The second kappa shape index (κ2) is 5.54. The van der Waals surface area contributed by atoms with Crippen LogP contribution in [0, 0.1) is 3.57 Å². The lowest BCUT2D eigenvalue weighted by Crippen LogP contribution is -2.40. The number of nitrogens with zero attached hydrogens (tertiary/aromatic N) is 1. The first-order valence-corrected chi connectivity index (χ1v) is 6.96. The Labute approximate surface area is 119 Å². The second-order valence-corrected chi connectivity index (χ2v) is 5.72. The highest BCUT2D eigenvalue weighted by molar-refractivity contribution is 14.1. The molecule has 3 nitrogen and oxygen atoms in total. The Morgan fingerprint density at radius 3 is 2.65 bits per heavy atom. The van der Waals surface area contributed by atoms with Crippen LogP contribution in [0.1, 0.15) is 23.2 Å². The van der Waals surface area contributed by atoms with Crippen LogP contribution in [0.15, 0.2) is 18.2 Å². The third-order valence-corrected chi connectivity index (χ3v) is 4.49. The summed E-state index contributed by atoms with van der Waals surface area (Å²) in [5.74, 6) is -0.00444. The van der Waals surface area contributed by atoms with Gasteiger partial charge in [0.25, 0.3) is 5.91 Å². The molecule has 0 unspecified atom stereocenters. The third kappa shape index (κ3) is 3.11. The van der Waals surface area contributed by atoms with Crippen LogP contribution in [-0.4, -0.2) is 35.1 Å². The molecule has 0 aromatic heterocycles. The molecule has 0 aliphatic carbocycles. The number of aliphatic hydroxyl groups is 1. The minimum Gasteiger partial charge on any atom is -0.393 e. The lowest BCUT2D eigenvalue weighted by molar-refractivity contribution is 0.0546. The number of hydrogen-bond acceptors (Lipinski definition) is 2. The minimum atomic E-state index is -0.264. The summed E-state index contributed by atoms with van der Waals surface area (Å²) >= 11 is 8.13. The van der Waals surface area contributed by atoms with Gasteiger partial charge in [0.15, 0.2) is 0 Å². The Morgan fingerprint density at radius 1 is 1.41 bits per heavy atom. The summed E-state index contributed by atoms with van der Waals surface area (Å²) in [5, 5.41) is 10.0. The first-order valence-electron chi connectivity index (χ1n) is 5.50. The van der Waals surface area contributed by atoms with Crippen molar-refractivity contribution in [2.45, 2.75) is 18.9 Å². The molecule has 2 rings (SSSR count). The third-order valence-electron chi connectivity index (χ3n) is 2.92. The summed E-state index contributed by atoms with van der Waals surface area (Å²) in [6.07, 6.45) is 1.05. The molecule has 0 bridgehead atoms. The van der Waals surface area contributed by atoms with E-state index in [2.05, 4.69) is 22.6 Å². The number of aliphatic hydroxyl groups excluding tert-OH is 1. The quantitative estimate of drug-likeness (QED) is 0.777. The number of carbonyl (C=O) groups excluding carboxylic acids is 1. The number of benzene rings is 1. The SMILES string of the molecule is O=C(c1ccc(I)c(Cl)c1)N1CCC(O)CC1. The van der Waals surface area contributed by atoms with Crippen LogP contribution in [-0.2, 0) is 0 Å². The number of rotatable bonds is 1. The first kappa shape index (κ1) is 13.1. The lowest BCUT2D eigenvalue weighted by Gasteiger charge is -2.29. The Kier molecular flexibility index (Phi) is 4.27. The van der Waals surface area contributed by atoms with Crippen molar-refractivity contribution < 1.29 is 9.90 Å². The highest BCUT2D eigenvalue weighted by Gasteiger charge is 2.22. The number of hydrogen-bond donors (Lipinski definition) is 1. The van der Waals surface area contributed by atoms with Gasteiger partial charge in [-0.1, -0.05) is 11.6 Å². The zero-order valence-electron chi connectivity index (χ0n) is 9.20. The maximum atomic E-state index is 12.2. The van der Waals surface area contributed by atoms with Gasteiger partial charge in [-0.2, -0.15) is 0 Å². The van der Waals surface area contributed by atoms with E-state index in [0.717, 1.165) is 3.57 Å². The fraction of sp³-hybridized carbons (Fsp3) is 0.417. The fourth-order valence-corrected chi connectivity index (χ4v) is 2.40. The van der Waals surface area contributed by atoms with Gasteiger partial charge in [-0.05, 0) is 53.6 Å². The van der Waals surface area contributed by atoms with Crippen molar-refractivity contribution in [3.63, 3.8) is 0 Å². The van der Waals surface area contributed by atoms with Crippen LogP contribution in [0.4, 0.5) is 0 Å². The van der Waals surface area contributed by atoms with E-state index < -0.39 is 0 Å². The molecule has 1 heterocycles. The molecule has 92 valence electrons. The smallest absolute Gasteiger partial charge is 0.253 e. The van der Waals surface area contributed by atoms with Crippen LogP contribution in [0.2, 0.25) is 5.02 Å². The zero-order chi connectivity index (χ0) is 12.4. The standard InChI is InChI=1S/C12H13ClINO2/c13-10-7-8(1-2-11(10)14)12(17)15-5-3-9(16)4-6-15/h1-2,7,9,16H,3-6H2. The number of halogens is 2. The number of amides is 1. The summed E-state index contributed by atoms with van der Waals surface area (Å²) in [6.45, 7) is 1.23. The Hall–Kier alpha value is -0.330. The van der Waals surface area contributed by atoms with Gasteiger partial charge in [-0.25, -0.2) is 0 Å². The van der Waals surface area contributed by atoms with Crippen molar-refractivity contribution in [3.8, 4) is 0 Å². The van der Waals surface area contributed by atoms with Crippen molar-refractivity contribution >= 4 is 40.1 Å². The predicted molar refractivity (Wildman–Crippen MR) is 75.3 cm³/mol. The Morgan fingerprint density at radius 2 is 2.06 bits per heavy atom. The highest BCUT2D eigenvalue weighted by Crippen LogP contribution is 2.21. The van der Waals surface area contributed by atoms with Crippen LogP contribution in [0.25, 0.3) is 0 Å². The number of likely N-dealkylation sites (tertiary alicyclic amines) is 1. The minimum absolute atomic E-state index is 0.00444. The van der Waals surface area contributed by atoms with E-state index >= 15 is 0 Å². The maximum absolute atomic E-state index is 12.2. The summed E-state index contributed by atoms with van der Waals surface area (Å²) in [6, 6.07) is 5.34. The molecule has 0 atom stereocenters. The van der Waals surface area contributed by atoms with Gasteiger partial charge >= 0.3 is 0 Å². The summed E-state index contributed by atoms with van der Waals surface area (Å²) in [5.41, 5.74) is 0.617. The van der Waals surface area contributed by atoms with E-state index in [9.17, 15) is 9.90 Å². The molecule has 1 aliphatic rings. The largest absolute Gasteiger partial charge is 0.393 e.